The number of cyclic esters (lactones) is 1. The number of sulfonamides is 1. The summed E-state index contributed by atoms with van der Waals surface area (Å²) in [6, 6.07) is 6.16. The van der Waals surface area contributed by atoms with E-state index >= 15 is 0 Å². The molecule has 5 atom stereocenters. The van der Waals surface area contributed by atoms with Crippen molar-refractivity contribution in [2.75, 3.05) is 13.2 Å². The molecule has 3 fully saturated rings. The fourth-order valence-electron chi connectivity index (χ4n) is 7.39. The Morgan fingerprint density at radius 2 is 1.88 bits per heavy atom. The lowest BCUT2D eigenvalue weighted by Crippen LogP contribution is -2.48. The lowest BCUT2D eigenvalue weighted by molar-refractivity contribution is -0.153. The Hall–Kier alpha value is -4.13. The summed E-state index contributed by atoms with van der Waals surface area (Å²) in [4.78, 5) is 74.4. The number of Topliss-reactive ketones (excluding diaryl/α,β-unsaturated/α-hetero) is 2. The van der Waals surface area contributed by atoms with Gasteiger partial charge in [-0.3, -0.25) is 28.7 Å². The molecule has 2 amide bonds. The van der Waals surface area contributed by atoms with Gasteiger partial charge in [-0.15, -0.1) is 6.58 Å². The second-order valence-electron chi connectivity index (χ2n) is 15.6. The van der Waals surface area contributed by atoms with Crippen LogP contribution in [0.5, 0.6) is 5.88 Å². The molecule has 2 aliphatic heterocycles. The average molecular weight is 722 g/mol. The molecule has 1 aromatic heterocycles. The number of pyridine rings is 1. The number of carbonyl (C=O) groups excluding carboxylic acids is 5. The third-order valence-corrected chi connectivity index (χ3v) is 12.7. The monoisotopic (exact) mass is 721 g/mol. The molecule has 0 unspecified atom stereocenters. The fraction of sp³-hybridized carbons (Fsp3) is 0.579. The van der Waals surface area contributed by atoms with Crippen molar-refractivity contribution in [1.29, 1.82) is 0 Å². The Morgan fingerprint density at radius 1 is 1.12 bits per heavy atom. The van der Waals surface area contributed by atoms with E-state index in [1.165, 1.54) is 4.90 Å². The number of benzene rings is 1. The van der Waals surface area contributed by atoms with Gasteiger partial charge < -0.3 is 14.4 Å². The Kier molecular flexibility index (Phi) is 10.1. The number of hydrogen-bond donors (Lipinski definition) is 1. The number of hydrogen-bond acceptors (Lipinski definition) is 10. The molecule has 0 spiro atoms. The fourth-order valence-corrected chi connectivity index (χ4v) is 8.78. The summed E-state index contributed by atoms with van der Waals surface area (Å²) in [5.41, 5.74) is -1.47. The number of carbonyl (C=O) groups is 5. The molecule has 274 valence electrons. The van der Waals surface area contributed by atoms with Gasteiger partial charge in [-0.2, -0.15) is 0 Å². The van der Waals surface area contributed by atoms with E-state index in [1.54, 1.807) is 24.4 Å². The molecule has 1 N–H and O–H groups in total. The van der Waals surface area contributed by atoms with Crippen molar-refractivity contribution < 1.29 is 41.9 Å². The van der Waals surface area contributed by atoms with E-state index in [0.29, 0.717) is 49.5 Å². The largest absolute Gasteiger partial charge is 0.472 e. The third-order valence-electron chi connectivity index (χ3n) is 10.8. The highest BCUT2D eigenvalue weighted by Gasteiger charge is 2.61. The lowest BCUT2D eigenvalue weighted by Gasteiger charge is -2.34. The minimum atomic E-state index is -3.86. The van der Waals surface area contributed by atoms with Gasteiger partial charge in [0.25, 0.3) is 0 Å². The summed E-state index contributed by atoms with van der Waals surface area (Å²) >= 11 is 0. The van der Waals surface area contributed by atoms with E-state index < -0.39 is 73.7 Å². The van der Waals surface area contributed by atoms with Crippen LogP contribution >= 0.6 is 0 Å². The van der Waals surface area contributed by atoms with Crippen molar-refractivity contribution in [3.05, 3.63) is 48.7 Å². The molecule has 1 saturated heterocycles. The molecule has 0 radical (unpaired) electrons. The average Bonchev–Trinajstić information content (AvgIpc) is 4.00. The first-order valence-electron chi connectivity index (χ1n) is 17.9. The smallest absolute Gasteiger partial charge is 0.306 e. The Morgan fingerprint density at radius 3 is 2.57 bits per heavy atom. The third kappa shape index (κ3) is 7.88. The topological polar surface area (TPSA) is 166 Å². The van der Waals surface area contributed by atoms with Gasteiger partial charge in [0.05, 0.1) is 42.2 Å². The summed E-state index contributed by atoms with van der Waals surface area (Å²) < 4.78 is 39.6. The summed E-state index contributed by atoms with van der Waals surface area (Å²) in [6.45, 7) is 9.53. The molecule has 2 saturated carbocycles. The maximum Gasteiger partial charge on any atom is 0.306 e. The van der Waals surface area contributed by atoms with Crippen molar-refractivity contribution in [1.82, 2.24) is 14.6 Å². The van der Waals surface area contributed by atoms with E-state index in [0.717, 1.165) is 5.39 Å². The highest BCUT2D eigenvalue weighted by atomic mass is 32.2. The minimum absolute atomic E-state index is 0.00764. The van der Waals surface area contributed by atoms with E-state index in [1.807, 2.05) is 32.9 Å². The van der Waals surface area contributed by atoms with Crippen LogP contribution < -0.4 is 9.46 Å². The van der Waals surface area contributed by atoms with Gasteiger partial charge >= 0.3 is 5.97 Å². The molecule has 2 aliphatic carbocycles. The molecule has 1 aromatic carbocycles. The van der Waals surface area contributed by atoms with Gasteiger partial charge in [-0.25, -0.2) is 13.4 Å². The van der Waals surface area contributed by atoms with E-state index in [4.69, 9.17) is 9.47 Å². The van der Waals surface area contributed by atoms with Crippen molar-refractivity contribution in [3.63, 3.8) is 0 Å². The first-order chi connectivity index (χ1) is 24.1. The molecule has 4 bridgehead atoms. The van der Waals surface area contributed by atoms with Crippen molar-refractivity contribution in [2.45, 2.75) is 102 Å². The standard InChI is InChI=1S/C38H47N3O9S/c1-5-25-20-38(25,36(46)40-51(47,48)27-12-13-27)21-32(43)30-18-26-22-41(30)35(45)29(37(2,3)4)19-33(44)49-16-8-6-7-9-31(42)24-11-10-23-14-15-39-34(50-26)28(23)17-24/h5,10-11,14-15,17,25-27,29-30H,1,6-9,12-13,16,18-22H2,2-4H3,(H,40,46)/t25-,26-,29-,30+,38-/m1/s1. The number of rotatable bonds is 7. The Balaban J connectivity index is 1.33. The van der Waals surface area contributed by atoms with Crippen LogP contribution in [0.15, 0.2) is 43.1 Å². The first kappa shape index (κ1) is 36.7. The van der Waals surface area contributed by atoms with Gasteiger partial charge in [-0.05, 0) is 67.4 Å². The second-order valence-corrected chi connectivity index (χ2v) is 17.6. The van der Waals surface area contributed by atoms with Crippen LogP contribution in [-0.4, -0.2) is 78.2 Å². The number of amides is 2. The van der Waals surface area contributed by atoms with Crippen molar-refractivity contribution in [2.24, 2.45) is 22.7 Å². The SMILES string of the molecule is C=C[C@@H]1C[C@]1(CC(=O)[C@@H]1C[C@@H]2CN1C(=O)[C@H](C(C)(C)C)CC(=O)OCCCCCC(=O)c1ccc3ccnc(c3c1)O2)C(=O)NS(=O)(=O)C1CC1. The number of fused-ring (bicyclic) bond motifs is 3. The molecular formula is C38H47N3O9S. The van der Waals surface area contributed by atoms with E-state index in [9.17, 15) is 32.4 Å². The van der Waals surface area contributed by atoms with Crippen LogP contribution in [-0.2, 0) is 33.9 Å². The zero-order valence-electron chi connectivity index (χ0n) is 29.5. The summed E-state index contributed by atoms with van der Waals surface area (Å²) in [7, 11) is -3.86. The second kappa shape index (κ2) is 14.1. The first-order valence-corrected chi connectivity index (χ1v) is 19.4. The number of nitrogens with zero attached hydrogens (tertiary/aromatic N) is 2. The molecule has 13 heteroatoms. The quantitative estimate of drug-likeness (QED) is 0.313. The summed E-state index contributed by atoms with van der Waals surface area (Å²) in [5, 5.41) is 0.819. The van der Waals surface area contributed by atoms with Gasteiger partial charge in [0.15, 0.2) is 11.6 Å². The van der Waals surface area contributed by atoms with Crippen molar-refractivity contribution in [3.8, 4) is 5.88 Å². The molecule has 2 aromatic rings. The summed E-state index contributed by atoms with van der Waals surface area (Å²) in [5.74, 6) is -3.09. The summed E-state index contributed by atoms with van der Waals surface area (Å²) in [6.07, 6.45) is 5.49. The Labute approximate surface area is 298 Å². The molecule has 3 heterocycles. The van der Waals surface area contributed by atoms with Gasteiger partial charge in [0.1, 0.15) is 6.10 Å². The molecular weight excluding hydrogens is 674 g/mol. The highest BCUT2D eigenvalue weighted by molar-refractivity contribution is 7.90. The normalized spacial score (nSPS) is 27.9. The van der Waals surface area contributed by atoms with Gasteiger partial charge in [-0.1, -0.05) is 39.0 Å². The van der Waals surface area contributed by atoms with Crippen LogP contribution in [0.3, 0.4) is 0 Å². The van der Waals surface area contributed by atoms with E-state index in [2.05, 4.69) is 16.3 Å². The number of ether oxygens (including phenoxy) is 2. The van der Waals surface area contributed by atoms with Crippen molar-refractivity contribution >= 4 is 50.1 Å². The number of ketones is 2. The minimum Gasteiger partial charge on any atom is -0.472 e. The molecule has 4 aliphatic rings. The zero-order valence-corrected chi connectivity index (χ0v) is 30.3. The van der Waals surface area contributed by atoms with Gasteiger partial charge in [0, 0.05) is 36.4 Å². The number of nitrogens with one attached hydrogen (secondary N) is 1. The van der Waals surface area contributed by atoms with Crippen LogP contribution in [0.1, 0.15) is 95.3 Å². The molecule has 6 rings (SSSR count). The zero-order chi connectivity index (χ0) is 36.7. The maximum atomic E-state index is 14.5. The predicted molar refractivity (Wildman–Crippen MR) is 188 cm³/mol. The number of esters is 1. The van der Waals surface area contributed by atoms with Crippen LogP contribution in [0.25, 0.3) is 10.8 Å². The van der Waals surface area contributed by atoms with Crippen LogP contribution in [0.2, 0.25) is 0 Å². The number of aromatic nitrogens is 1. The Bertz CT molecular complexity index is 1860. The predicted octanol–water partition coefficient (Wildman–Crippen LogP) is 4.70. The van der Waals surface area contributed by atoms with Crippen LogP contribution in [0.4, 0.5) is 0 Å². The van der Waals surface area contributed by atoms with Crippen LogP contribution in [0, 0.1) is 22.7 Å². The molecule has 12 nitrogen and oxygen atoms in total. The van der Waals surface area contributed by atoms with E-state index in [-0.39, 0.29) is 50.5 Å². The molecule has 51 heavy (non-hydrogen) atoms. The lowest BCUT2D eigenvalue weighted by atomic mass is 9.77. The van der Waals surface area contributed by atoms with Gasteiger partial charge in [0.2, 0.25) is 27.7 Å². The maximum absolute atomic E-state index is 14.5. The highest BCUT2D eigenvalue weighted by Crippen LogP contribution is 2.57. The number of allylic oxidation sites excluding steroid dienone is 1.